The van der Waals surface area contributed by atoms with Crippen LogP contribution in [0.2, 0.25) is 0 Å². The van der Waals surface area contributed by atoms with E-state index in [9.17, 15) is 9.59 Å². The van der Waals surface area contributed by atoms with Crippen LogP contribution >= 0.6 is 15.9 Å². The molecular weight excluding hydrogens is 368 g/mol. The topological polar surface area (TPSA) is 71.1 Å². The van der Waals surface area contributed by atoms with Gasteiger partial charge in [-0.3, -0.25) is 0 Å². The molecule has 7 heteroatoms. The van der Waals surface area contributed by atoms with Crippen molar-refractivity contribution >= 4 is 33.9 Å². The standard InChI is InChI=1S/C16H17BrO6/c1-5-21-12-8-9(7-11(17)13(12)20-4)6-10-14(18)22-16(2,3)23-15(10)19/h6-8H,5H2,1-4H3. The molecule has 0 aliphatic carbocycles. The molecular formula is C16H17BrO6. The number of hydrogen-bond acceptors (Lipinski definition) is 6. The number of esters is 2. The van der Waals surface area contributed by atoms with E-state index in [-0.39, 0.29) is 5.57 Å². The average molecular weight is 385 g/mol. The number of carbonyl (C=O) groups excluding carboxylic acids is 2. The van der Waals surface area contributed by atoms with Crippen molar-refractivity contribution in [1.82, 2.24) is 0 Å². The zero-order valence-corrected chi connectivity index (χ0v) is 14.9. The third-order valence-electron chi connectivity index (χ3n) is 2.96. The molecule has 0 atom stereocenters. The molecule has 0 unspecified atom stereocenters. The Hall–Kier alpha value is -2.02. The molecule has 0 aromatic heterocycles. The Bertz CT molecular complexity index is 655. The number of rotatable bonds is 4. The van der Waals surface area contributed by atoms with Crippen LogP contribution in [-0.2, 0) is 19.1 Å². The van der Waals surface area contributed by atoms with Crippen LogP contribution < -0.4 is 9.47 Å². The number of benzene rings is 1. The van der Waals surface area contributed by atoms with Crippen molar-refractivity contribution in [3.8, 4) is 11.5 Å². The highest BCUT2D eigenvalue weighted by molar-refractivity contribution is 9.10. The van der Waals surface area contributed by atoms with E-state index in [4.69, 9.17) is 18.9 Å². The zero-order valence-electron chi connectivity index (χ0n) is 13.3. The maximum atomic E-state index is 12.0. The van der Waals surface area contributed by atoms with Crippen molar-refractivity contribution < 1.29 is 28.5 Å². The smallest absolute Gasteiger partial charge is 0.348 e. The molecule has 0 amide bonds. The fourth-order valence-corrected chi connectivity index (χ4v) is 2.70. The Balaban J connectivity index is 2.43. The summed E-state index contributed by atoms with van der Waals surface area (Å²) >= 11 is 3.37. The lowest BCUT2D eigenvalue weighted by Gasteiger charge is -2.29. The molecule has 1 aliphatic heterocycles. The van der Waals surface area contributed by atoms with Crippen LogP contribution in [0.4, 0.5) is 0 Å². The van der Waals surface area contributed by atoms with E-state index in [0.29, 0.717) is 28.1 Å². The second kappa shape index (κ2) is 6.62. The minimum atomic E-state index is -1.26. The lowest BCUT2D eigenvalue weighted by Crippen LogP contribution is -2.41. The van der Waals surface area contributed by atoms with Crippen LogP contribution in [0.3, 0.4) is 0 Å². The van der Waals surface area contributed by atoms with E-state index < -0.39 is 17.7 Å². The van der Waals surface area contributed by atoms with Crippen LogP contribution in [0.25, 0.3) is 6.08 Å². The summed E-state index contributed by atoms with van der Waals surface area (Å²) in [6.45, 7) is 5.28. The van der Waals surface area contributed by atoms with Crippen molar-refractivity contribution in [3.05, 3.63) is 27.7 Å². The van der Waals surface area contributed by atoms with Gasteiger partial charge < -0.3 is 18.9 Å². The number of carbonyl (C=O) groups is 2. The summed E-state index contributed by atoms with van der Waals surface area (Å²) in [6, 6.07) is 3.37. The van der Waals surface area contributed by atoms with Gasteiger partial charge >= 0.3 is 11.9 Å². The molecule has 1 aromatic rings. The summed E-state index contributed by atoms with van der Waals surface area (Å²) in [6.07, 6.45) is 1.40. The molecule has 1 aliphatic rings. The van der Waals surface area contributed by atoms with Crippen LogP contribution in [0.1, 0.15) is 26.3 Å². The van der Waals surface area contributed by atoms with Gasteiger partial charge in [-0.1, -0.05) is 0 Å². The first kappa shape index (κ1) is 17.3. The fourth-order valence-electron chi connectivity index (χ4n) is 2.08. The second-order valence-electron chi connectivity index (χ2n) is 5.20. The second-order valence-corrected chi connectivity index (χ2v) is 6.06. The van der Waals surface area contributed by atoms with E-state index in [1.807, 2.05) is 6.92 Å². The number of hydrogen-bond donors (Lipinski definition) is 0. The van der Waals surface area contributed by atoms with Gasteiger partial charge in [-0.15, -0.1) is 0 Å². The minimum absolute atomic E-state index is 0.177. The maximum absolute atomic E-state index is 12.0. The molecule has 124 valence electrons. The number of halogens is 1. The Morgan fingerprint density at radius 1 is 1.22 bits per heavy atom. The van der Waals surface area contributed by atoms with Gasteiger partial charge in [0.1, 0.15) is 5.57 Å². The normalized spacial score (nSPS) is 16.5. The Morgan fingerprint density at radius 2 is 1.83 bits per heavy atom. The number of cyclic esters (lactones) is 2. The van der Waals surface area contributed by atoms with Gasteiger partial charge in [-0.05, 0) is 46.6 Å². The van der Waals surface area contributed by atoms with Crippen LogP contribution in [-0.4, -0.2) is 31.4 Å². The number of methoxy groups -OCH3 is 1. The van der Waals surface area contributed by atoms with Crippen molar-refractivity contribution in [3.63, 3.8) is 0 Å². The Morgan fingerprint density at radius 3 is 2.35 bits per heavy atom. The first-order chi connectivity index (χ1) is 10.8. The van der Waals surface area contributed by atoms with E-state index in [1.54, 1.807) is 12.1 Å². The van der Waals surface area contributed by atoms with E-state index in [0.717, 1.165) is 0 Å². The van der Waals surface area contributed by atoms with Crippen molar-refractivity contribution in [1.29, 1.82) is 0 Å². The summed E-state index contributed by atoms with van der Waals surface area (Å²) in [5.41, 5.74) is 0.397. The SMILES string of the molecule is CCOc1cc(C=C2C(=O)OC(C)(C)OC2=O)cc(Br)c1OC. The predicted octanol–water partition coefficient (Wildman–Crippen LogP) is 3.08. The fraction of sp³-hybridized carbons (Fsp3) is 0.375. The highest BCUT2D eigenvalue weighted by atomic mass is 79.9. The molecule has 0 N–H and O–H groups in total. The summed E-state index contributed by atoms with van der Waals surface area (Å²) in [7, 11) is 1.53. The summed E-state index contributed by atoms with van der Waals surface area (Å²) < 4.78 is 21.5. The molecule has 0 saturated carbocycles. The lowest BCUT2D eigenvalue weighted by molar-refractivity contribution is -0.222. The van der Waals surface area contributed by atoms with Gasteiger partial charge in [0.05, 0.1) is 18.2 Å². The highest BCUT2D eigenvalue weighted by Crippen LogP contribution is 2.37. The molecule has 1 heterocycles. The molecule has 6 nitrogen and oxygen atoms in total. The summed E-state index contributed by atoms with van der Waals surface area (Å²) in [5.74, 6) is -1.69. The van der Waals surface area contributed by atoms with Gasteiger partial charge in [0, 0.05) is 13.8 Å². The maximum Gasteiger partial charge on any atom is 0.348 e. The molecule has 1 saturated heterocycles. The lowest BCUT2D eigenvalue weighted by atomic mass is 10.1. The summed E-state index contributed by atoms with van der Waals surface area (Å²) in [4.78, 5) is 24.0. The molecule has 0 radical (unpaired) electrons. The van der Waals surface area contributed by atoms with Crippen LogP contribution in [0.5, 0.6) is 11.5 Å². The minimum Gasteiger partial charge on any atom is -0.492 e. The largest absolute Gasteiger partial charge is 0.492 e. The van der Waals surface area contributed by atoms with Crippen LogP contribution in [0, 0.1) is 0 Å². The molecule has 1 aromatic carbocycles. The first-order valence-electron chi connectivity index (χ1n) is 6.96. The molecule has 0 bridgehead atoms. The van der Waals surface area contributed by atoms with Gasteiger partial charge in [-0.25, -0.2) is 9.59 Å². The van der Waals surface area contributed by atoms with E-state index >= 15 is 0 Å². The van der Waals surface area contributed by atoms with Gasteiger partial charge in [0.25, 0.3) is 5.79 Å². The van der Waals surface area contributed by atoms with Crippen molar-refractivity contribution in [2.24, 2.45) is 0 Å². The summed E-state index contributed by atoms with van der Waals surface area (Å²) in [5, 5.41) is 0. The van der Waals surface area contributed by atoms with Gasteiger partial charge in [-0.2, -0.15) is 0 Å². The molecule has 2 rings (SSSR count). The molecule has 0 spiro atoms. The van der Waals surface area contributed by atoms with E-state index in [1.165, 1.54) is 27.0 Å². The average Bonchev–Trinajstić information content (AvgIpc) is 2.42. The highest BCUT2D eigenvalue weighted by Gasteiger charge is 2.38. The monoisotopic (exact) mass is 384 g/mol. The van der Waals surface area contributed by atoms with Gasteiger partial charge in [0.2, 0.25) is 0 Å². The first-order valence-corrected chi connectivity index (χ1v) is 7.75. The Kier molecular flexibility index (Phi) is 4.99. The zero-order chi connectivity index (χ0) is 17.2. The third-order valence-corrected chi connectivity index (χ3v) is 3.55. The quantitative estimate of drug-likeness (QED) is 0.451. The van der Waals surface area contributed by atoms with E-state index in [2.05, 4.69) is 15.9 Å². The number of ether oxygens (including phenoxy) is 4. The molecule has 23 heavy (non-hydrogen) atoms. The van der Waals surface area contributed by atoms with Crippen molar-refractivity contribution in [2.75, 3.05) is 13.7 Å². The molecule has 1 fully saturated rings. The predicted molar refractivity (Wildman–Crippen MR) is 86.1 cm³/mol. The third kappa shape index (κ3) is 3.85. The van der Waals surface area contributed by atoms with Crippen molar-refractivity contribution in [2.45, 2.75) is 26.6 Å². The Labute approximate surface area is 142 Å². The van der Waals surface area contributed by atoms with Crippen LogP contribution in [0.15, 0.2) is 22.2 Å². The van der Waals surface area contributed by atoms with Gasteiger partial charge in [0.15, 0.2) is 11.5 Å².